The van der Waals surface area contributed by atoms with Crippen molar-refractivity contribution in [1.82, 2.24) is 4.83 Å². The molecule has 5 nitrogen and oxygen atoms in total. The largest absolute Gasteiger partial charge is 0.393 e. The van der Waals surface area contributed by atoms with Gasteiger partial charge >= 0.3 is 0 Å². The maximum absolute atomic E-state index is 12.5. The summed E-state index contributed by atoms with van der Waals surface area (Å²) >= 11 is 0. The van der Waals surface area contributed by atoms with E-state index in [9.17, 15) is 13.5 Å². The number of fused-ring (bicyclic) bond motifs is 1. The molecule has 0 aromatic heterocycles. The zero-order chi connectivity index (χ0) is 20.6. The van der Waals surface area contributed by atoms with Gasteiger partial charge in [0.15, 0.2) is 0 Å². The molecular weight excluding hydrogens is 372 g/mol. The van der Waals surface area contributed by atoms with Crippen molar-refractivity contribution in [2.75, 3.05) is 0 Å². The molecule has 156 valence electrons. The minimum absolute atomic E-state index is 0.0876. The maximum atomic E-state index is 12.5. The van der Waals surface area contributed by atoms with Gasteiger partial charge in [-0.25, -0.2) is 4.83 Å². The van der Waals surface area contributed by atoms with Crippen molar-refractivity contribution in [3.63, 3.8) is 0 Å². The first-order valence-electron chi connectivity index (χ1n) is 10.4. The molecule has 0 spiro atoms. The number of rotatable bonds is 6. The molecule has 0 bridgehead atoms. The molecule has 0 heterocycles. The van der Waals surface area contributed by atoms with E-state index in [1.54, 1.807) is 30.5 Å². The summed E-state index contributed by atoms with van der Waals surface area (Å²) in [7, 11) is -3.67. The van der Waals surface area contributed by atoms with E-state index < -0.39 is 10.0 Å². The number of benzene rings is 1. The molecule has 28 heavy (non-hydrogen) atoms. The van der Waals surface area contributed by atoms with Crippen LogP contribution in [0.1, 0.15) is 64.9 Å². The fraction of sp³-hybridized carbons (Fsp3) is 0.682. The standard InChI is InChI=1S/C22H34N2O3S/c1-5-21(3,20-13-12-18-19(25)7-6-14-22(18,20)4)15-23-24-28(26,27)17-10-8-16(2)9-11-17/h8-11,15,18-20,24-25H,5-7,12-14H2,1-4H3/t18?,19-,20?,21+,22-/m0/s1. The Morgan fingerprint density at radius 2 is 1.96 bits per heavy atom. The smallest absolute Gasteiger partial charge is 0.276 e. The first kappa shape index (κ1) is 21.3. The Morgan fingerprint density at radius 1 is 1.29 bits per heavy atom. The highest BCUT2D eigenvalue weighted by molar-refractivity contribution is 7.89. The number of hydrazone groups is 1. The lowest BCUT2D eigenvalue weighted by Crippen LogP contribution is -2.45. The number of hydrogen-bond acceptors (Lipinski definition) is 4. The number of sulfonamides is 1. The highest BCUT2D eigenvalue weighted by Gasteiger charge is 2.55. The van der Waals surface area contributed by atoms with Gasteiger partial charge in [-0.05, 0) is 68.4 Å². The maximum Gasteiger partial charge on any atom is 0.276 e. The highest BCUT2D eigenvalue weighted by atomic mass is 32.2. The number of aryl methyl sites for hydroxylation is 1. The van der Waals surface area contributed by atoms with Gasteiger partial charge in [-0.1, -0.05) is 44.9 Å². The van der Waals surface area contributed by atoms with Crippen LogP contribution in [-0.2, 0) is 10.0 Å². The van der Waals surface area contributed by atoms with Crippen molar-refractivity contribution >= 4 is 16.2 Å². The Labute approximate surface area is 169 Å². The van der Waals surface area contributed by atoms with Gasteiger partial charge in [0, 0.05) is 11.6 Å². The third kappa shape index (κ3) is 3.86. The van der Waals surface area contributed by atoms with Gasteiger partial charge in [-0.3, -0.25) is 0 Å². The SMILES string of the molecule is CC[C@](C)(C=NNS(=O)(=O)c1ccc(C)cc1)C1CCC2[C@@H](O)CCC[C@@]21C. The summed E-state index contributed by atoms with van der Waals surface area (Å²) in [5, 5.41) is 14.7. The summed E-state index contributed by atoms with van der Waals surface area (Å²) < 4.78 is 25.0. The fourth-order valence-electron chi connectivity index (χ4n) is 5.67. The molecule has 0 radical (unpaired) electrons. The molecule has 2 N–H and O–H groups in total. The lowest BCUT2D eigenvalue weighted by Gasteiger charge is -2.48. The summed E-state index contributed by atoms with van der Waals surface area (Å²) in [5.41, 5.74) is 0.889. The molecule has 1 aromatic carbocycles. The van der Waals surface area contributed by atoms with E-state index in [-0.39, 0.29) is 21.8 Å². The molecule has 1 aromatic rings. The molecule has 2 aliphatic rings. The summed E-state index contributed by atoms with van der Waals surface area (Å²) in [5.74, 6) is 0.729. The Hall–Kier alpha value is -1.40. The van der Waals surface area contributed by atoms with E-state index in [2.05, 4.69) is 30.7 Å². The first-order chi connectivity index (χ1) is 13.1. The predicted molar refractivity (Wildman–Crippen MR) is 113 cm³/mol. The van der Waals surface area contributed by atoms with Crippen LogP contribution < -0.4 is 4.83 Å². The lowest BCUT2D eigenvalue weighted by molar-refractivity contribution is -0.0342. The number of aliphatic hydroxyl groups is 1. The number of nitrogens with one attached hydrogen (secondary N) is 1. The second kappa shape index (κ2) is 7.79. The van der Waals surface area contributed by atoms with Gasteiger partial charge in [0.2, 0.25) is 0 Å². The molecular formula is C22H34N2O3S. The quantitative estimate of drug-likeness (QED) is 0.547. The molecule has 5 atom stereocenters. The van der Waals surface area contributed by atoms with Crippen molar-refractivity contribution < 1.29 is 13.5 Å². The molecule has 0 aliphatic heterocycles. The average molecular weight is 407 g/mol. The van der Waals surface area contributed by atoms with Crippen LogP contribution in [0, 0.1) is 29.6 Å². The van der Waals surface area contributed by atoms with Crippen LogP contribution in [0.2, 0.25) is 0 Å². The highest BCUT2D eigenvalue weighted by Crippen LogP contribution is 2.60. The second-order valence-electron chi connectivity index (χ2n) is 9.23. The van der Waals surface area contributed by atoms with Crippen molar-refractivity contribution in [1.29, 1.82) is 0 Å². The molecule has 2 aliphatic carbocycles. The fourth-order valence-corrected chi connectivity index (χ4v) is 6.46. The molecule has 2 saturated carbocycles. The van der Waals surface area contributed by atoms with Crippen LogP contribution in [0.3, 0.4) is 0 Å². The van der Waals surface area contributed by atoms with Gasteiger partial charge < -0.3 is 5.11 Å². The number of aliphatic hydroxyl groups excluding tert-OH is 1. The van der Waals surface area contributed by atoms with Gasteiger partial charge in [0.1, 0.15) is 0 Å². The molecule has 2 unspecified atom stereocenters. The summed E-state index contributed by atoms with van der Waals surface area (Å²) in [6, 6.07) is 6.75. The molecule has 2 fully saturated rings. The first-order valence-corrected chi connectivity index (χ1v) is 11.9. The van der Waals surface area contributed by atoms with E-state index in [1.807, 2.05) is 6.92 Å². The monoisotopic (exact) mass is 406 g/mol. The topological polar surface area (TPSA) is 78.8 Å². The predicted octanol–water partition coefficient (Wildman–Crippen LogP) is 4.25. The van der Waals surface area contributed by atoms with Gasteiger partial charge in [-0.15, -0.1) is 0 Å². The zero-order valence-corrected chi connectivity index (χ0v) is 18.3. The third-order valence-corrected chi connectivity index (χ3v) is 8.75. The Balaban J connectivity index is 1.78. The molecule has 6 heteroatoms. The molecule has 3 rings (SSSR count). The summed E-state index contributed by atoms with van der Waals surface area (Å²) in [4.78, 5) is 2.61. The summed E-state index contributed by atoms with van der Waals surface area (Å²) in [6.45, 7) is 8.55. The molecule has 0 amide bonds. The zero-order valence-electron chi connectivity index (χ0n) is 17.5. The normalized spacial score (nSPS) is 32.8. The minimum Gasteiger partial charge on any atom is -0.393 e. The van der Waals surface area contributed by atoms with Gasteiger partial charge in [-0.2, -0.15) is 13.5 Å². The Bertz CT molecular complexity index is 821. The van der Waals surface area contributed by atoms with Gasteiger partial charge in [0.05, 0.1) is 11.0 Å². The Kier molecular flexibility index (Phi) is 5.93. The van der Waals surface area contributed by atoms with Crippen molar-refractivity contribution in [2.24, 2.45) is 27.8 Å². The average Bonchev–Trinajstić information content (AvgIpc) is 3.01. The van der Waals surface area contributed by atoms with Crippen molar-refractivity contribution in [3.8, 4) is 0 Å². The lowest BCUT2D eigenvalue weighted by atomic mass is 9.57. The van der Waals surface area contributed by atoms with E-state index in [1.165, 1.54) is 0 Å². The third-order valence-electron chi connectivity index (χ3n) is 7.51. The van der Waals surface area contributed by atoms with E-state index in [0.717, 1.165) is 44.1 Å². The van der Waals surface area contributed by atoms with Crippen molar-refractivity contribution in [3.05, 3.63) is 29.8 Å². The van der Waals surface area contributed by atoms with Gasteiger partial charge in [0.25, 0.3) is 10.0 Å². The van der Waals surface area contributed by atoms with Crippen LogP contribution in [0.25, 0.3) is 0 Å². The second-order valence-corrected chi connectivity index (χ2v) is 10.9. The summed E-state index contributed by atoms with van der Waals surface area (Å²) in [6.07, 6.45) is 7.66. The van der Waals surface area contributed by atoms with E-state index >= 15 is 0 Å². The van der Waals surface area contributed by atoms with Crippen LogP contribution >= 0.6 is 0 Å². The molecule has 0 saturated heterocycles. The van der Waals surface area contributed by atoms with E-state index in [4.69, 9.17) is 0 Å². The number of nitrogens with zero attached hydrogens (tertiary/aromatic N) is 1. The number of hydrogen-bond donors (Lipinski definition) is 2. The van der Waals surface area contributed by atoms with E-state index in [0.29, 0.717) is 11.8 Å². The van der Waals surface area contributed by atoms with Crippen LogP contribution in [0.15, 0.2) is 34.3 Å². The van der Waals surface area contributed by atoms with Crippen LogP contribution in [0.4, 0.5) is 0 Å². The Morgan fingerprint density at radius 3 is 2.61 bits per heavy atom. The van der Waals surface area contributed by atoms with Crippen LogP contribution in [0.5, 0.6) is 0 Å². The minimum atomic E-state index is -3.67. The van der Waals surface area contributed by atoms with Crippen LogP contribution in [-0.4, -0.2) is 25.8 Å². The van der Waals surface area contributed by atoms with Crippen molar-refractivity contribution in [2.45, 2.75) is 77.2 Å².